The summed E-state index contributed by atoms with van der Waals surface area (Å²) in [4.78, 5) is 3.84. The van der Waals surface area contributed by atoms with Crippen molar-refractivity contribution >= 4 is 16.7 Å². The molecular weight excluding hydrogens is 225 g/mol. The smallest absolute Gasteiger partial charge is 0.422 e. The second-order valence-electron chi connectivity index (χ2n) is 3.10. The molecule has 0 fully saturated rings. The van der Waals surface area contributed by atoms with Gasteiger partial charge in [-0.2, -0.15) is 13.2 Å². The highest BCUT2D eigenvalue weighted by atomic mass is 19.4. The van der Waals surface area contributed by atoms with E-state index >= 15 is 0 Å². The molecule has 3 N–H and O–H groups in total. The minimum Gasteiger partial charge on any atom is -0.466 e. The van der Waals surface area contributed by atoms with Crippen LogP contribution in [0.5, 0.6) is 5.88 Å². The number of hydrogen-bond donors (Lipinski definition) is 2. The summed E-state index contributed by atoms with van der Waals surface area (Å²) < 4.78 is 40.3. The summed E-state index contributed by atoms with van der Waals surface area (Å²) in [6.07, 6.45) is -3.03. The fourth-order valence-electron chi connectivity index (χ4n) is 1.16. The van der Waals surface area contributed by atoms with E-state index in [1.54, 1.807) is 0 Å². The van der Waals surface area contributed by atoms with Crippen LogP contribution in [0.15, 0.2) is 12.3 Å². The van der Waals surface area contributed by atoms with Crippen LogP contribution < -0.4 is 10.5 Å². The van der Waals surface area contributed by atoms with Gasteiger partial charge in [-0.05, 0) is 6.07 Å². The molecule has 2 aromatic rings. The molecule has 2 heterocycles. The molecule has 0 aliphatic heterocycles. The van der Waals surface area contributed by atoms with Gasteiger partial charge in [0.1, 0.15) is 0 Å². The highest BCUT2D eigenvalue weighted by Crippen LogP contribution is 2.24. The second kappa shape index (κ2) is 3.54. The molecule has 2 aromatic heterocycles. The lowest BCUT2D eigenvalue weighted by Crippen LogP contribution is -2.19. The maximum atomic E-state index is 11.9. The molecule has 86 valence electrons. The molecule has 0 aliphatic carbocycles. The highest BCUT2D eigenvalue weighted by molar-refractivity contribution is 5.83. The minimum atomic E-state index is -4.40. The van der Waals surface area contributed by atoms with Crippen LogP contribution in [0.4, 0.5) is 18.9 Å². The van der Waals surface area contributed by atoms with Crippen LogP contribution in [0.3, 0.4) is 0 Å². The predicted molar refractivity (Wildman–Crippen MR) is 49.9 cm³/mol. The number of rotatable bonds is 2. The average molecular weight is 232 g/mol. The number of aromatic nitrogens is 3. The summed E-state index contributed by atoms with van der Waals surface area (Å²) in [5, 5.41) is 6.34. The lowest BCUT2D eigenvalue weighted by Gasteiger charge is -2.06. The molecule has 0 atom stereocenters. The number of nitrogens with one attached hydrogen (secondary N) is 1. The first-order valence-electron chi connectivity index (χ1n) is 4.25. The van der Waals surface area contributed by atoms with E-state index in [2.05, 4.69) is 19.9 Å². The van der Waals surface area contributed by atoms with Crippen molar-refractivity contribution in [2.75, 3.05) is 12.3 Å². The van der Waals surface area contributed by atoms with Gasteiger partial charge in [0, 0.05) is 0 Å². The first-order chi connectivity index (χ1) is 7.46. The topological polar surface area (TPSA) is 76.8 Å². The van der Waals surface area contributed by atoms with Crippen molar-refractivity contribution in [3.8, 4) is 5.88 Å². The molecule has 16 heavy (non-hydrogen) atoms. The van der Waals surface area contributed by atoms with Crippen LogP contribution in [0.25, 0.3) is 11.0 Å². The largest absolute Gasteiger partial charge is 0.466 e. The number of nitrogen functional groups attached to an aromatic ring is 1. The molecule has 0 unspecified atom stereocenters. The Morgan fingerprint density at radius 2 is 2.19 bits per heavy atom. The van der Waals surface area contributed by atoms with Gasteiger partial charge in [0.2, 0.25) is 5.88 Å². The molecule has 8 heteroatoms. The number of fused-ring (bicyclic) bond motifs is 1. The van der Waals surface area contributed by atoms with Crippen molar-refractivity contribution < 1.29 is 17.9 Å². The zero-order valence-corrected chi connectivity index (χ0v) is 7.88. The van der Waals surface area contributed by atoms with Crippen molar-refractivity contribution in [1.82, 2.24) is 15.2 Å². The number of hydrogen-bond acceptors (Lipinski definition) is 4. The van der Waals surface area contributed by atoms with E-state index in [-0.39, 0.29) is 5.88 Å². The summed E-state index contributed by atoms with van der Waals surface area (Å²) >= 11 is 0. The zero-order valence-electron chi connectivity index (χ0n) is 7.88. The third-order valence-corrected chi connectivity index (χ3v) is 1.78. The lowest BCUT2D eigenvalue weighted by atomic mass is 10.3. The summed E-state index contributed by atoms with van der Waals surface area (Å²) in [5.41, 5.74) is 6.10. The second-order valence-corrected chi connectivity index (χ2v) is 3.10. The van der Waals surface area contributed by atoms with Gasteiger partial charge in [-0.3, -0.25) is 5.10 Å². The summed E-state index contributed by atoms with van der Waals surface area (Å²) in [7, 11) is 0. The summed E-state index contributed by atoms with van der Waals surface area (Å²) in [5.74, 6) is -0.160. The quantitative estimate of drug-likeness (QED) is 0.822. The molecule has 0 saturated carbocycles. The third-order valence-electron chi connectivity index (χ3n) is 1.78. The zero-order chi connectivity index (χ0) is 11.8. The molecule has 0 spiro atoms. The monoisotopic (exact) mass is 232 g/mol. The van der Waals surface area contributed by atoms with Gasteiger partial charge in [-0.25, -0.2) is 4.98 Å². The number of H-pyrrole nitrogens is 1. The number of ether oxygens (including phenoxy) is 1. The lowest BCUT2D eigenvalue weighted by molar-refractivity contribution is -0.153. The van der Waals surface area contributed by atoms with Crippen molar-refractivity contribution in [2.45, 2.75) is 6.18 Å². The minimum absolute atomic E-state index is 0.160. The highest BCUT2D eigenvalue weighted by Gasteiger charge is 2.29. The van der Waals surface area contributed by atoms with E-state index in [0.29, 0.717) is 16.7 Å². The number of aromatic amines is 1. The van der Waals surface area contributed by atoms with E-state index in [1.165, 1.54) is 12.3 Å². The van der Waals surface area contributed by atoms with E-state index in [9.17, 15) is 13.2 Å². The van der Waals surface area contributed by atoms with Gasteiger partial charge in [0.25, 0.3) is 0 Å². The number of nitrogens with zero attached hydrogens (tertiary/aromatic N) is 2. The Balaban J connectivity index is 2.28. The van der Waals surface area contributed by atoms with Gasteiger partial charge >= 0.3 is 6.18 Å². The normalized spacial score (nSPS) is 11.9. The Kier molecular flexibility index (Phi) is 2.33. The Hall–Kier alpha value is -1.99. The van der Waals surface area contributed by atoms with E-state index < -0.39 is 12.8 Å². The number of anilines is 1. The van der Waals surface area contributed by atoms with Crippen molar-refractivity contribution in [3.05, 3.63) is 12.3 Å². The molecule has 0 aromatic carbocycles. The van der Waals surface area contributed by atoms with Crippen LogP contribution in [0, 0.1) is 0 Å². The van der Waals surface area contributed by atoms with Crippen LogP contribution >= 0.6 is 0 Å². The Morgan fingerprint density at radius 1 is 1.44 bits per heavy atom. The summed E-state index contributed by atoms with van der Waals surface area (Å²) in [6, 6.07) is 1.44. The SMILES string of the molecule is Nc1cnc2[nH]nc(OCC(F)(F)F)c2c1. The van der Waals surface area contributed by atoms with Crippen molar-refractivity contribution in [3.63, 3.8) is 0 Å². The van der Waals surface area contributed by atoms with Crippen LogP contribution in [-0.4, -0.2) is 28.0 Å². The van der Waals surface area contributed by atoms with Gasteiger partial charge in [-0.1, -0.05) is 0 Å². The first kappa shape index (κ1) is 10.5. The number of pyridine rings is 1. The van der Waals surface area contributed by atoms with Gasteiger partial charge in [0.15, 0.2) is 12.3 Å². The van der Waals surface area contributed by atoms with Crippen molar-refractivity contribution in [2.24, 2.45) is 0 Å². The van der Waals surface area contributed by atoms with Gasteiger partial charge < -0.3 is 10.5 Å². The Morgan fingerprint density at radius 3 is 2.88 bits per heavy atom. The third kappa shape index (κ3) is 2.15. The molecule has 0 bridgehead atoms. The van der Waals surface area contributed by atoms with E-state index in [0.717, 1.165) is 0 Å². The number of nitrogens with two attached hydrogens (primary N) is 1. The average Bonchev–Trinajstić information content (AvgIpc) is 2.56. The Bertz CT molecular complexity index is 507. The van der Waals surface area contributed by atoms with Crippen LogP contribution in [0.1, 0.15) is 0 Å². The molecular formula is C8H7F3N4O. The first-order valence-corrected chi connectivity index (χ1v) is 4.25. The summed E-state index contributed by atoms with van der Waals surface area (Å²) in [6.45, 7) is -1.40. The van der Waals surface area contributed by atoms with Gasteiger partial charge in [-0.15, -0.1) is 5.10 Å². The predicted octanol–water partition coefficient (Wildman–Crippen LogP) is 1.48. The standard InChI is InChI=1S/C8H7F3N4O/c9-8(10,11)3-16-7-5-1-4(12)2-13-6(5)14-15-7/h1-2H,3,12H2,(H,13,14,15). The molecule has 0 aliphatic rings. The fraction of sp³-hybridized carbons (Fsp3) is 0.250. The van der Waals surface area contributed by atoms with E-state index in [1.807, 2.05) is 0 Å². The maximum Gasteiger partial charge on any atom is 0.422 e. The number of halogens is 3. The fourth-order valence-corrected chi connectivity index (χ4v) is 1.16. The molecule has 0 radical (unpaired) electrons. The van der Waals surface area contributed by atoms with Crippen molar-refractivity contribution in [1.29, 1.82) is 0 Å². The molecule has 2 rings (SSSR count). The molecule has 0 amide bonds. The maximum absolute atomic E-state index is 11.9. The molecule has 5 nitrogen and oxygen atoms in total. The van der Waals surface area contributed by atoms with Crippen LogP contribution in [-0.2, 0) is 0 Å². The Labute approximate surface area is 87.4 Å². The van der Waals surface area contributed by atoms with Crippen LogP contribution in [0.2, 0.25) is 0 Å². The van der Waals surface area contributed by atoms with Gasteiger partial charge in [0.05, 0.1) is 17.3 Å². The van der Waals surface area contributed by atoms with E-state index in [4.69, 9.17) is 5.73 Å². The molecule has 0 saturated heterocycles. The number of alkyl halides is 3.